The molecule has 1 aliphatic heterocycles. The summed E-state index contributed by atoms with van der Waals surface area (Å²) in [6.07, 6.45) is 3.31. The van der Waals surface area contributed by atoms with Crippen LogP contribution in [-0.4, -0.2) is 55.5 Å². The Bertz CT molecular complexity index is 207. The lowest BCUT2D eigenvalue weighted by Crippen LogP contribution is -2.44. The molecule has 0 aromatic heterocycles. The molecule has 1 saturated heterocycles. The van der Waals surface area contributed by atoms with Gasteiger partial charge in [-0.05, 0) is 7.05 Å². The second kappa shape index (κ2) is 5.78. The van der Waals surface area contributed by atoms with Gasteiger partial charge in [0.1, 0.15) is 0 Å². The van der Waals surface area contributed by atoms with Crippen LogP contribution in [0.1, 0.15) is 0 Å². The largest absolute Gasteiger partial charge is 0.346 e. The maximum Gasteiger partial charge on any atom is 0.244 e. The second-order valence-corrected chi connectivity index (χ2v) is 3.51. The molecule has 1 rings (SSSR count). The van der Waals surface area contributed by atoms with Crippen LogP contribution in [0, 0.1) is 7.05 Å². The zero-order valence-electron chi connectivity index (χ0n) is 8.57. The smallest absolute Gasteiger partial charge is 0.244 e. The van der Waals surface area contributed by atoms with Crippen LogP contribution in [-0.2, 0) is 4.79 Å². The molecule has 0 bridgehead atoms. The Kier molecular flexibility index (Phi) is 4.62. The van der Waals surface area contributed by atoms with Gasteiger partial charge in [0.25, 0.3) is 0 Å². The monoisotopic (exact) mass is 195 g/mol. The van der Waals surface area contributed by atoms with Gasteiger partial charge >= 0.3 is 0 Å². The highest BCUT2D eigenvalue weighted by Gasteiger charge is 2.11. The molecule has 0 atom stereocenters. The summed E-state index contributed by atoms with van der Waals surface area (Å²) < 4.78 is 0. The predicted molar refractivity (Wildman–Crippen MR) is 55.5 cm³/mol. The van der Waals surface area contributed by atoms with Crippen molar-refractivity contribution in [3.05, 3.63) is 19.2 Å². The molecule has 1 N–H and O–H groups in total. The maximum atomic E-state index is 10.8. The van der Waals surface area contributed by atoms with Crippen molar-refractivity contribution < 1.29 is 4.79 Å². The first-order chi connectivity index (χ1) is 6.72. The topological polar surface area (TPSA) is 35.6 Å². The van der Waals surface area contributed by atoms with Crippen molar-refractivity contribution in [1.82, 2.24) is 15.1 Å². The fourth-order valence-corrected chi connectivity index (χ4v) is 1.39. The van der Waals surface area contributed by atoms with E-state index < -0.39 is 0 Å². The van der Waals surface area contributed by atoms with Gasteiger partial charge in [-0.25, -0.2) is 0 Å². The van der Waals surface area contributed by atoms with Gasteiger partial charge < -0.3 is 10.2 Å². The third-order valence-electron chi connectivity index (χ3n) is 2.37. The van der Waals surface area contributed by atoms with E-state index in [0.717, 1.165) is 32.7 Å². The molecule has 0 aliphatic carbocycles. The Morgan fingerprint density at radius 3 is 2.64 bits per heavy atom. The fraction of sp³-hybridized carbons (Fsp3) is 0.600. The first-order valence-corrected chi connectivity index (χ1v) is 4.80. The maximum absolute atomic E-state index is 10.8. The minimum Gasteiger partial charge on any atom is -0.346 e. The molecule has 4 heteroatoms. The molecule has 1 heterocycles. The van der Waals surface area contributed by atoms with Gasteiger partial charge in [-0.2, -0.15) is 0 Å². The van der Waals surface area contributed by atoms with E-state index in [0.29, 0.717) is 0 Å². The molecule has 0 saturated carbocycles. The molecular formula is C10H17N3O. The minimum absolute atomic E-state index is 0.251. The van der Waals surface area contributed by atoms with Crippen LogP contribution >= 0.6 is 0 Å². The summed E-state index contributed by atoms with van der Waals surface area (Å²) in [6.45, 7) is 5.13. The summed E-state index contributed by atoms with van der Waals surface area (Å²) in [6, 6.07) is 0. The molecule has 0 unspecified atom stereocenters. The Balaban J connectivity index is 2.19. The molecule has 1 aliphatic rings. The SMILES string of the molecule is [CH]NC(=O)/C=C/CN1CCN(C)CC1. The average Bonchev–Trinajstić information content (AvgIpc) is 2.21. The Labute approximate surface area is 85.6 Å². The van der Waals surface area contributed by atoms with Crippen molar-refractivity contribution in [3.8, 4) is 0 Å². The van der Waals surface area contributed by atoms with Gasteiger partial charge in [-0.15, -0.1) is 0 Å². The van der Waals surface area contributed by atoms with Crippen molar-refractivity contribution >= 4 is 5.91 Å². The molecule has 4 nitrogen and oxygen atoms in total. The summed E-state index contributed by atoms with van der Waals surface area (Å²) in [5.41, 5.74) is 0. The van der Waals surface area contributed by atoms with E-state index in [-0.39, 0.29) is 5.91 Å². The number of rotatable bonds is 3. The highest BCUT2D eigenvalue weighted by Crippen LogP contribution is 1.98. The lowest BCUT2D eigenvalue weighted by Gasteiger charge is -2.31. The summed E-state index contributed by atoms with van der Waals surface area (Å²) in [4.78, 5) is 15.4. The zero-order chi connectivity index (χ0) is 10.4. The third kappa shape index (κ3) is 3.89. The summed E-state index contributed by atoms with van der Waals surface area (Å²) >= 11 is 0. The number of amides is 1. The van der Waals surface area contributed by atoms with Crippen LogP contribution in [0.15, 0.2) is 12.2 Å². The Morgan fingerprint density at radius 1 is 1.43 bits per heavy atom. The van der Waals surface area contributed by atoms with Gasteiger partial charge in [0, 0.05) is 38.8 Å². The van der Waals surface area contributed by atoms with Gasteiger partial charge in [0.2, 0.25) is 5.91 Å². The number of hydrogen-bond acceptors (Lipinski definition) is 3. The van der Waals surface area contributed by atoms with E-state index in [1.165, 1.54) is 6.08 Å². The number of carbonyl (C=O) groups excluding carboxylic acids is 1. The zero-order valence-corrected chi connectivity index (χ0v) is 8.57. The van der Waals surface area contributed by atoms with E-state index in [2.05, 4.69) is 22.2 Å². The van der Waals surface area contributed by atoms with Crippen molar-refractivity contribution in [2.75, 3.05) is 39.8 Å². The number of hydrogen-bond donors (Lipinski definition) is 1. The van der Waals surface area contributed by atoms with E-state index in [9.17, 15) is 4.79 Å². The van der Waals surface area contributed by atoms with Crippen LogP contribution in [0.25, 0.3) is 0 Å². The van der Waals surface area contributed by atoms with Crippen LogP contribution in [0.3, 0.4) is 0 Å². The number of likely N-dealkylation sites (N-methyl/N-ethyl adjacent to an activating group) is 1. The lowest BCUT2D eigenvalue weighted by molar-refractivity contribution is -0.115. The molecule has 0 aromatic rings. The first-order valence-electron chi connectivity index (χ1n) is 4.80. The van der Waals surface area contributed by atoms with Crippen LogP contribution in [0.5, 0.6) is 0 Å². The second-order valence-electron chi connectivity index (χ2n) is 3.51. The molecule has 78 valence electrons. The Morgan fingerprint density at radius 2 is 2.07 bits per heavy atom. The fourth-order valence-electron chi connectivity index (χ4n) is 1.39. The summed E-state index contributed by atoms with van der Waals surface area (Å²) in [5, 5.41) is 2.06. The first kappa shape index (κ1) is 11.2. The van der Waals surface area contributed by atoms with E-state index in [4.69, 9.17) is 7.05 Å². The molecule has 0 aromatic carbocycles. The number of nitrogens with zero attached hydrogens (tertiary/aromatic N) is 2. The molecule has 1 fully saturated rings. The van der Waals surface area contributed by atoms with Crippen molar-refractivity contribution in [1.29, 1.82) is 0 Å². The van der Waals surface area contributed by atoms with Gasteiger partial charge in [-0.3, -0.25) is 9.69 Å². The molecule has 2 radical (unpaired) electrons. The highest BCUT2D eigenvalue weighted by molar-refractivity contribution is 5.87. The van der Waals surface area contributed by atoms with Crippen LogP contribution in [0.2, 0.25) is 0 Å². The average molecular weight is 195 g/mol. The molecular weight excluding hydrogens is 178 g/mol. The van der Waals surface area contributed by atoms with Crippen molar-refractivity contribution in [3.63, 3.8) is 0 Å². The number of carbonyl (C=O) groups is 1. The quantitative estimate of drug-likeness (QED) is 0.490. The highest BCUT2D eigenvalue weighted by atomic mass is 16.1. The van der Waals surface area contributed by atoms with Crippen LogP contribution in [0.4, 0.5) is 0 Å². The van der Waals surface area contributed by atoms with Gasteiger partial charge in [-0.1, -0.05) is 6.08 Å². The lowest BCUT2D eigenvalue weighted by atomic mass is 10.3. The van der Waals surface area contributed by atoms with Crippen LogP contribution < -0.4 is 5.32 Å². The molecule has 14 heavy (non-hydrogen) atoms. The third-order valence-corrected chi connectivity index (χ3v) is 2.37. The predicted octanol–water partition coefficient (Wildman–Crippen LogP) is -0.425. The van der Waals surface area contributed by atoms with Gasteiger partial charge in [0.05, 0.1) is 7.05 Å². The van der Waals surface area contributed by atoms with E-state index in [1.54, 1.807) is 0 Å². The van der Waals surface area contributed by atoms with Crippen molar-refractivity contribution in [2.45, 2.75) is 0 Å². The van der Waals surface area contributed by atoms with Crippen molar-refractivity contribution in [2.24, 2.45) is 0 Å². The van der Waals surface area contributed by atoms with Gasteiger partial charge in [0.15, 0.2) is 0 Å². The van der Waals surface area contributed by atoms with E-state index >= 15 is 0 Å². The minimum atomic E-state index is -0.251. The standard InChI is InChI=1S/C10H17N3O/c1-11-10(14)4-3-5-13-8-6-12(2)7-9-13/h1,3-4H,5-9H2,2H3,(H,11,14)/b4-3+. The molecule has 0 spiro atoms. The Hall–Kier alpha value is -0.870. The normalized spacial score (nSPS) is 20.1. The summed E-state index contributed by atoms with van der Waals surface area (Å²) in [5.74, 6) is -0.251. The number of nitrogens with one attached hydrogen (secondary N) is 1. The summed E-state index contributed by atoms with van der Waals surface area (Å²) in [7, 11) is 7.06. The van der Waals surface area contributed by atoms with E-state index in [1.807, 2.05) is 6.08 Å². The number of piperazine rings is 1. The molecule has 1 amide bonds.